The van der Waals surface area contributed by atoms with E-state index in [1.807, 2.05) is 31.4 Å². The van der Waals surface area contributed by atoms with E-state index in [-0.39, 0.29) is 5.91 Å². The third-order valence-electron chi connectivity index (χ3n) is 4.15. The van der Waals surface area contributed by atoms with Crippen molar-refractivity contribution in [2.24, 2.45) is 0 Å². The van der Waals surface area contributed by atoms with Crippen molar-refractivity contribution in [3.05, 3.63) is 54.1 Å². The number of likely N-dealkylation sites (N-methyl/N-ethyl adjacent to an activating group) is 1. The molecule has 0 fully saturated rings. The van der Waals surface area contributed by atoms with Crippen LogP contribution in [0.2, 0.25) is 0 Å². The normalized spacial score (nSPS) is 10.5. The van der Waals surface area contributed by atoms with Crippen molar-refractivity contribution < 1.29 is 4.79 Å². The average molecular weight is 340 g/mol. The summed E-state index contributed by atoms with van der Waals surface area (Å²) < 4.78 is 0. The van der Waals surface area contributed by atoms with Gasteiger partial charge in [-0.1, -0.05) is 13.8 Å². The first-order valence-electron chi connectivity index (χ1n) is 9.00. The monoisotopic (exact) mass is 340 g/mol. The van der Waals surface area contributed by atoms with E-state index in [2.05, 4.69) is 28.7 Å². The number of rotatable bonds is 9. The minimum atomic E-state index is 0.0105. The first kappa shape index (κ1) is 18.9. The molecule has 2 rings (SSSR count). The fourth-order valence-corrected chi connectivity index (χ4v) is 2.80. The smallest absolute Gasteiger partial charge is 0.255 e. The van der Waals surface area contributed by atoms with Crippen LogP contribution in [-0.2, 0) is 6.42 Å². The highest BCUT2D eigenvalue weighted by atomic mass is 16.2. The molecule has 0 atom stereocenters. The average Bonchev–Trinajstić information content (AvgIpc) is 2.66. The maximum atomic E-state index is 12.7. The van der Waals surface area contributed by atoms with E-state index in [0.29, 0.717) is 12.1 Å². The zero-order valence-electron chi connectivity index (χ0n) is 15.5. The van der Waals surface area contributed by atoms with E-state index >= 15 is 0 Å². The summed E-state index contributed by atoms with van der Waals surface area (Å²) in [5, 5.41) is 0. The van der Waals surface area contributed by atoms with Gasteiger partial charge in [0.15, 0.2) is 0 Å². The Morgan fingerprint density at radius 2 is 1.68 bits per heavy atom. The second-order valence-electron chi connectivity index (χ2n) is 6.25. The molecule has 5 nitrogen and oxygen atoms in total. The lowest BCUT2D eigenvalue weighted by Gasteiger charge is -2.24. The van der Waals surface area contributed by atoms with Crippen molar-refractivity contribution in [2.75, 3.05) is 31.6 Å². The van der Waals surface area contributed by atoms with E-state index in [1.54, 1.807) is 23.5 Å². The molecule has 25 heavy (non-hydrogen) atoms. The Bertz CT molecular complexity index is 654. The number of anilines is 1. The Kier molecular flexibility index (Phi) is 7.38. The molecule has 134 valence electrons. The van der Waals surface area contributed by atoms with E-state index in [1.165, 1.54) is 5.56 Å². The minimum absolute atomic E-state index is 0.0105. The Morgan fingerprint density at radius 1 is 1.00 bits per heavy atom. The molecule has 0 radical (unpaired) electrons. The highest BCUT2D eigenvalue weighted by molar-refractivity contribution is 5.94. The zero-order chi connectivity index (χ0) is 18.1. The van der Waals surface area contributed by atoms with E-state index < -0.39 is 0 Å². The molecule has 2 aromatic rings. The molecule has 0 unspecified atom stereocenters. The van der Waals surface area contributed by atoms with Crippen LogP contribution in [0.5, 0.6) is 0 Å². The van der Waals surface area contributed by atoms with Crippen LogP contribution in [-0.4, -0.2) is 47.5 Å². The molecule has 0 bridgehead atoms. The molecule has 0 aromatic carbocycles. The highest BCUT2D eigenvalue weighted by Crippen LogP contribution is 2.17. The molecule has 0 aliphatic heterocycles. The summed E-state index contributed by atoms with van der Waals surface area (Å²) in [7, 11) is 1.84. The first-order valence-corrected chi connectivity index (χ1v) is 9.00. The van der Waals surface area contributed by atoms with Crippen molar-refractivity contribution in [2.45, 2.75) is 33.1 Å². The molecule has 0 N–H and O–H groups in total. The van der Waals surface area contributed by atoms with Crippen LogP contribution >= 0.6 is 0 Å². The van der Waals surface area contributed by atoms with E-state index in [0.717, 1.165) is 38.0 Å². The predicted molar refractivity (Wildman–Crippen MR) is 102 cm³/mol. The van der Waals surface area contributed by atoms with Gasteiger partial charge in [0.05, 0.1) is 17.4 Å². The summed E-state index contributed by atoms with van der Waals surface area (Å²) in [5.41, 5.74) is 2.85. The van der Waals surface area contributed by atoms with Crippen molar-refractivity contribution in [1.29, 1.82) is 0 Å². The van der Waals surface area contributed by atoms with Gasteiger partial charge in [-0.05, 0) is 43.0 Å². The number of carbonyl (C=O) groups is 1. The summed E-state index contributed by atoms with van der Waals surface area (Å²) in [6.07, 6.45) is 10.0. The van der Waals surface area contributed by atoms with Crippen molar-refractivity contribution >= 4 is 11.6 Å². The molecule has 0 spiro atoms. The fourth-order valence-electron chi connectivity index (χ4n) is 2.80. The standard InChI is InChI=1S/C20H28N4O/c1-4-11-24(12-5-2)19-14-18(15-22-16-19)20(25)23(3)13-8-17-6-9-21-10-7-17/h6-7,9-10,14-16H,4-5,8,11-13H2,1-3H3. The van der Waals surface area contributed by atoms with Crippen molar-refractivity contribution in [1.82, 2.24) is 14.9 Å². The van der Waals surface area contributed by atoms with Gasteiger partial charge < -0.3 is 9.80 Å². The van der Waals surface area contributed by atoms with Crippen LogP contribution < -0.4 is 4.90 Å². The third-order valence-corrected chi connectivity index (χ3v) is 4.15. The van der Waals surface area contributed by atoms with Gasteiger partial charge in [-0.2, -0.15) is 0 Å². The number of aromatic nitrogens is 2. The van der Waals surface area contributed by atoms with Gasteiger partial charge in [0.25, 0.3) is 5.91 Å². The Morgan fingerprint density at radius 3 is 2.32 bits per heavy atom. The van der Waals surface area contributed by atoms with E-state index in [4.69, 9.17) is 0 Å². The van der Waals surface area contributed by atoms with Crippen LogP contribution in [0.15, 0.2) is 43.0 Å². The molecule has 0 saturated carbocycles. The molecule has 0 aliphatic rings. The number of hydrogen-bond donors (Lipinski definition) is 0. The summed E-state index contributed by atoms with van der Waals surface area (Å²) in [6, 6.07) is 5.92. The van der Waals surface area contributed by atoms with Crippen LogP contribution in [0.1, 0.15) is 42.6 Å². The van der Waals surface area contributed by atoms with E-state index in [9.17, 15) is 4.79 Å². The Hall–Kier alpha value is -2.43. The van der Waals surface area contributed by atoms with Crippen LogP contribution in [0, 0.1) is 0 Å². The first-order chi connectivity index (χ1) is 12.2. The second kappa shape index (κ2) is 9.77. The number of nitrogens with zero attached hydrogens (tertiary/aromatic N) is 4. The topological polar surface area (TPSA) is 49.3 Å². The van der Waals surface area contributed by atoms with Gasteiger partial charge in [0, 0.05) is 45.3 Å². The molecular weight excluding hydrogens is 312 g/mol. The lowest BCUT2D eigenvalue weighted by atomic mass is 10.1. The second-order valence-corrected chi connectivity index (χ2v) is 6.25. The third kappa shape index (κ3) is 5.55. The molecule has 5 heteroatoms. The van der Waals surface area contributed by atoms with Crippen LogP contribution in [0.3, 0.4) is 0 Å². The minimum Gasteiger partial charge on any atom is -0.370 e. The number of carbonyl (C=O) groups excluding carboxylic acids is 1. The van der Waals surface area contributed by atoms with Crippen LogP contribution in [0.25, 0.3) is 0 Å². The SMILES string of the molecule is CCCN(CCC)c1cncc(C(=O)N(C)CCc2ccncc2)c1. The fraction of sp³-hybridized carbons (Fsp3) is 0.450. The van der Waals surface area contributed by atoms with Gasteiger partial charge in [-0.3, -0.25) is 14.8 Å². The molecule has 1 amide bonds. The van der Waals surface area contributed by atoms with Crippen LogP contribution in [0.4, 0.5) is 5.69 Å². The van der Waals surface area contributed by atoms with Crippen molar-refractivity contribution in [3.8, 4) is 0 Å². The number of amides is 1. The number of pyridine rings is 2. The molecule has 2 aromatic heterocycles. The van der Waals surface area contributed by atoms with Crippen molar-refractivity contribution in [3.63, 3.8) is 0 Å². The molecule has 0 saturated heterocycles. The lowest BCUT2D eigenvalue weighted by Crippen LogP contribution is -2.30. The maximum absolute atomic E-state index is 12.7. The number of hydrogen-bond acceptors (Lipinski definition) is 4. The summed E-state index contributed by atoms with van der Waals surface area (Å²) in [4.78, 5) is 25.1. The lowest BCUT2D eigenvalue weighted by molar-refractivity contribution is 0.0796. The highest BCUT2D eigenvalue weighted by Gasteiger charge is 2.14. The van der Waals surface area contributed by atoms with Gasteiger partial charge in [-0.15, -0.1) is 0 Å². The summed E-state index contributed by atoms with van der Waals surface area (Å²) >= 11 is 0. The maximum Gasteiger partial charge on any atom is 0.255 e. The molecular formula is C20H28N4O. The molecule has 2 heterocycles. The Balaban J connectivity index is 2.04. The quantitative estimate of drug-likeness (QED) is 0.702. The molecule has 0 aliphatic carbocycles. The summed E-state index contributed by atoms with van der Waals surface area (Å²) in [6.45, 7) is 6.95. The van der Waals surface area contributed by atoms with Gasteiger partial charge in [0.1, 0.15) is 0 Å². The summed E-state index contributed by atoms with van der Waals surface area (Å²) in [5.74, 6) is 0.0105. The predicted octanol–water partition coefficient (Wildman–Crippen LogP) is 3.42. The zero-order valence-corrected chi connectivity index (χ0v) is 15.5. The van der Waals surface area contributed by atoms with Gasteiger partial charge >= 0.3 is 0 Å². The largest absolute Gasteiger partial charge is 0.370 e. The van der Waals surface area contributed by atoms with Gasteiger partial charge in [-0.25, -0.2) is 0 Å². The Labute approximate surface area is 150 Å². The van der Waals surface area contributed by atoms with Gasteiger partial charge in [0.2, 0.25) is 0 Å².